The van der Waals surface area contributed by atoms with E-state index in [1.54, 1.807) is 55.5 Å². The predicted molar refractivity (Wildman–Crippen MR) is 104 cm³/mol. The summed E-state index contributed by atoms with van der Waals surface area (Å²) in [6.07, 6.45) is 0.718. The number of carbonyl (C=O) groups excluding carboxylic acids is 2. The molecule has 6 nitrogen and oxygen atoms in total. The molecule has 0 heterocycles. The molecule has 142 valence electrons. The highest BCUT2D eigenvalue weighted by Crippen LogP contribution is 2.19. The molecule has 0 fully saturated rings. The zero-order valence-electron chi connectivity index (χ0n) is 14.9. The molecule has 0 aromatic heterocycles. The largest absolute Gasteiger partial charge is 0.481 e. The topological polar surface area (TPSA) is 95.5 Å². The number of hydrogen-bond donors (Lipinski definition) is 3. The fourth-order valence-corrected chi connectivity index (χ4v) is 2.53. The quantitative estimate of drug-likeness (QED) is 0.601. The van der Waals surface area contributed by atoms with Crippen molar-refractivity contribution in [1.82, 2.24) is 5.32 Å². The maximum Gasteiger partial charge on any atom is 0.310 e. The van der Waals surface area contributed by atoms with Gasteiger partial charge >= 0.3 is 5.97 Å². The average Bonchev–Trinajstić information content (AvgIpc) is 2.65. The van der Waals surface area contributed by atoms with Gasteiger partial charge in [-0.2, -0.15) is 0 Å². The van der Waals surface area contributed by atoms with Crippen LogP contribution in [0, 0.1) is 0 Å². The summed E-state index contributed by atoms with van der Waals surface area (Å²) in [5.74, 6) is -1.99. The molecule has 2 amide bonds. The number of anilines is 1. The Balaban J connectivity index is 1.76. The van der Waals surface area contributed by atoms with Crippen LogP contribution in [-0.4, -0.2) is 29.4 Å². The third kappa shape index (κ3) is 6.42. The maximum atomic E-state index is 12.0. The van der Waals surface area contributed by atoms with Crippen LogP contribution in [0.15, 0.2) is 48.5 Å². The first kappa shape index (κ1) is 20.5. The molecule has 2 rings (SSSR count). The van der Waals surface area contributed by atoms with Gasteiger partial charge in [0.05, 0.1) is 5.92 Å². The van der Waals surface area contributed by atoms with E-state index in [2.05, 4.69) is 10.6 Å². The number of amides is 2. The van der Waals surface area contributed by atoms with Gasteiger partial charge in [0.1, 0.15) is 0 Å². The highest BCUT2D eigenvalue weighted by Gasteiger charge is 2.14. The molecule has 3 N–H and O–H groups in total. The van der Waals surface area contributed by atoms with Crippen molar-refractivity contribution in [2.75, 3.05) is 11.9 Å². The maximum absolute atomic E-state index is 12.0. The van der Waals surface area contributed by atoms with E-state index in [-0.39, 0.29) is 18.2 Å². The lowest BCUT2D eigenvalue weighted by Gasteiger charge is -2.10. The standard InChI is InChI=1S/C20H21ClN2O4/c1-13(20(26)27)15-4-2-5-17(12-15)23-18(24)6-3-11-22-19(25)14-7-9-16(21)10-8-14/h2,4-5,7-10,12-13H,3,6,11H2,1H3,(H,22,25)(H,23,24)(H,26,27). The second-order valence-corrected chi connectivity index (χ2v) is 6.54. The molecular formula is C20H21ClN2O4. The van der Waals surface area contributed by atoms with Crippen molar-refractivity contribution < 1.29 is 19.5 Å². The highest BCUT2D eigenvalue weighted by molar-refractivity contribution is 6.30. The van der Waals surface area contributed by atoms with Gasteiger partial charge in [0.25, 0.3) is 5.91 Å². The summed E-state index contributed by atoms with van der Waals surface area (Å²) in [5.41, 5.74) is 1.68. The first-order valence-electron chi connectivity index (χ1n) is 8.53. The summed E-state index contributed by atoms with van der Waals surface area (Å²) >= 11 is 5.78. The van der Waals surface area contributed by atoms with Crippen molar-refractivity contribution in [2.45, 2.75) is 25.7 Å². The Kier molecular flexibility index (Phi) is 7.37. The van der Waals surface area contributed by atoms with Crippen LogP contribution in [0.2, 0.25) is 5.02 Å². The van der Waals surface area contributed by atoms with Crippen molar-refractivity contribution in [3.8, 4) is 0 Å². The summed E-state index contributed by atoms with van der Waals surface area (Å²) in [4.78, 5) is 35.0. The van der Waals surface area contributed by atoms with Crippen molar-refractivity contribution >= 4 is 35.1 Å². The molecule has 2 aromatic rings. The molecule has 2 aromatic carbocycles. The number of aliphatic carboxylic acids is 1. The third-order valence-electron chi connectivity index (χ3n) is 4.01. The molecule has 0 saturated carbocycles. The Morgan fingerprint density at radius 2 is 1.81 bits per heavy atom. The number of benzene rings is 2. The van der Waals surface area contributed by atoms with Gasteiger partial charge in [0, 0.05) is 29.2 Å². The van der Waals surface area contributed by atoms with E-state index in [4.69, 9.17) is 16.7 Å². The number of rotatable bonds is 8. The second kappa shape index (κ2) is 9.73. The summed E-state index contributed by atoms with van der Waals surface area (Å²) in [7, 11) is 0. The van der Waals surface area contributed by atoms with E-state index in [0.29, 0.717) is 34.8 Å². The molecule has 0 aliphatic carbocycles. The molecule has 0 aliphatic rings. The molecule has 1 unspecified atom stereocenters. The number of carboxylic acid groups (broad SMARTS) is 1. The zero-order valence-corrected chi connectivity index (χ0v) is 15.6. The van der Waals surface area contributed by atoms with Crippen LogP contribution >= 0.6 is 11.6 Å². The smallest absolute Gasteiger partial charge is 0.310 e. The van der Waals surface area contributed by atoms with Gasteiger partial charge in [-0.3, -0.25) is 14.4 Å². The molecule has 0 bridgehead atoms. The van der Waals surface area contributed by atoms with Crippen molar-refractivity contribution in [2.24, 2.45) is 0 Å². The Morgan fingerprint density at radius 3 is 2.48 bits per heavy atom. The van der Waals surface area contributed by atoms with E-state index < -0.39 is 11.9 Å². The fourth-order valence-electron chi connectivity index (χ4n) is 2.41. The number of carbonyl (C=O) groups is 3. The fraction of sp³-hybridized carbons (Fsp3) is 0.250. The van der Waals surface area contributed by atoms with E-state index >= 15 is 0 Å². The molecule has 1 atom stereocenters. The van der Waals surface area contributed by atoms with Crippen LogP contribution in [0.1, 0.15) is 41.6 Å². The van der Waals surface area contributed by atoms with Crippen LogP contribution in [0.4, 0.5) is 5.69 Å². The number of hydrogen-bond acceptors (Lipinski definition) is 3. The van der Waals surface area contributed by atoms with Gasteiger partial charge < -0.3 is 15.7 Å². The molecule has 0 radical (unpaired) electrons. The first-order valence-corrected chi connectivity index (χ1v) is 8.91. The lowest BCUT2D eigenvalue weighted by molar-refractivity contribution is -0.138. The third-order valence-corrected chi connectivity index (χ3v) is 4.27. The number of carboxylic acids is 1. The summed E-state index contributed by atoms with van der Waals surface area (Å²) < 4.78 is 0. The monoisotopic (exact) mass is 388 g/mol. The van der Waals surface area contributed by atoms with Crippen LogP contribution in [0.3, 0.4) is 0 Å². The molecule has 0 spiro atoms. The van der Waals surface area contributed by atoms with Crippen molar-refractivity contribution in [3.05, 3.63) is 64.7 Å². The van der Waals surface area contributed by atoms with Gasteiger partial charge in [0.2, 0.25) is 5.91 Å². The average molecular weight is 389 g/mol. The number of halogens is 1. The van der Waals surface area contributed by atoms with Gasteiger partial charge in [-0.25, -0.2) is 0 Å². The highest BCUT2D eigenvalue weighted by atomic mass is 35.5. The molecular weight excluding hydrogens is 368 g/mol. The van der Waals surface area contributed by atoms with E-state index in [9.17, 15) is 14.4 Å². The van der Waals surface area contributed by atoms with E-state index in [1.165, 1.54) is 0 Å². The van der Waals surface area contributed by atoms with Gasteiger partial charge in [-0.1, -0.05) is 23.7 Å². The lowest BCUT2D eigenvalue weighted by atomic mass is 10.0. The van der Waals surface area contributed by atoms with Crippen molar-refractivity contribution in [1.29, 1.82) is 0 Å². The Hall–Kier alpha value is -2.86. The van der Waals surface area contributed by atoms with Crippen molar-refractivity contribution in [3.63, 3.8) is 0 Å². The Morgan fingerprint density at radius 1 is 1.11 bits per heavy atom. The second-order valence-electron chi connectivity index (χ2n) is 6.10. The SMILES string of the molecule is CC(C(=O)O)c1cccc(NC(=O)CCCNC(=O)c2ccc(Cl)cc2)c1. The summed E-state index contributed by atoms with van der Waals surface area (Å²) in [6, 6.07) is 13.3. The minimum atomic E-state index is -0.921. The Labute approximate surface area is 162 Å². The van der Waals surface area contributed by atoms with Crippen LogP contribution in [0.25, 0.3) is 0 Å². The minimum absolute atomic E-state index is 0.198. The van der Waals surface area contributed by atoms with Crippen LogP contribution in [-0.2, 0) is 9.59 Å². The minimum Gasteiger partial charge on any atom is -0.481 e. The summed E-state index contributed by atoms with van der Waals surface area (Å²) in [5, 5.41) is 15.1. The Bertz CT molecular complexity index is 821. The normalized spacial score (nSPS) is 11.5. The van der Waals surface area contributed by atoms with E-state index in [1.807, 2.05) is 0 Å². The van der Waals surface area contributed by atoms with Gasteiger partial charge in [-0.05, 0) is 55.3 Å². The lowest BCUT2D eigenvalue weighted by Crippen LogP contribution is -2.25. The number of nitrogens with one attached hydrogen (secondary N) is 2. The first-order chi connectivity index (χ1) is 12.9. The van der Waals surface area contributed by atoms with Crippen LogP contribution in [0.5, 0.6) is 0 Å². The molecule has 0 aliphatic heterocycles. The zero-order chi connectivity index (χ0) is 19.8. The van der Waals surface area contributed by atoms with Crippen LogP contribution < -0.4 is 10.6 Å². The van der Waals surface area contributed by atoms with E-state index in [0.717, 1.165) is 0 Å². The van der Waals surface area contributed by atoms with Gasteiger partial charge in [-0.15, -0.1) is 0 Å². The molecule has 27 heavy (non-hydrogen) atoms. The van der Waals surface area contributed by atoms with Gasteiger partial charge in [0.15, 0.2) is 0 Å². The summed E-state index contributed by atoms with van der Waals surface area (Å²) in [6.45, 7) is 1.96. The molecule has 7 heteroatoms. The molecule has 0 saturated heterocycles. The predicted octanol–water partition coefficient (Wildman–Crippen LogP) is 3.68.